The summed E-state index contributed by atoms with van der Waals surface area (Å²) < 4.78 is 7.49. The number of anilines is 1. The van der Waals surface area contributed by atoms with Crippen molar-refractivity contribution >= 4 is 11.7 Å². The van der Waals surface area contributed by atoms with E-state index in [4.69, 9.17) is 4.74 Å². The molecule has 2 aromatic heterocycles. The van der Waals surface area contributed by atoms with Crippen molar-refractivity contribution in [2.45, 2.75) is 6.10 Å². The highest BCUT2D eigenvalue weighted by atomic mass is 16.5. The number of carbonyl (C=O) groups is 1. The molecule has 8 heteroatoms. The summed E-state index contributed by atoms with van der Waals surface area (Å²) in [4.78, 5) is 27.0. The van der Waals surface area contributed by atoms with Crippen molar-refractivity contribution in [1.82, 2.24) is 24.4 Å². The molecule has 116 valence electrons. The Labute approximate surface area is 128 Å². The number of imidazole rings is 1. The van der Waals surface area contributed by atoms with Crippen molar-refractivity contribution < 1.29 is 9.53 Å². The Bertz CT molecular complexity index is 671. The fraction of sp³-hybridized carbons (Fsp3) is 0.429. The van der Waals surface area contributed by atoms with Crippen LogP contribution in [0.15, 0.2) is 24.8 Å². The van der Waals surface area contributed by atoms with Crippen LogP contribution in [0.3, 0.4) is 0 Å². The van der Waals surface area contributed by atoms with Gasteiger partial charge >= 0.3 is 0 Å². The highest BCUT2D eigenvalue weighted by Crippen LogP contribution is 2.25. The number of amides is 1. The van der Waals surface area contributed by atoms with Gasteiger partial charge in [0.15, 0.2) is 5.82 Å². The lowest BCUT2D eigenvalue weighted by molar-refractivity contribution is -0.0250. The molecular weight excluding hydrogens is 284 g/mol. The van der Waals surface area contributed by atoms with Crippen molar-refractivity contribution in [1.29, 1.82) is 0 Å². The number of carbonyl (C=O) groups excluding carboxylic acids is 1. The van der Waals surface area contributed by atoms with Crippen LogP contribution < -0.4 is 5.32 Å². The quantitative estimate of drug-likeness (QED) is 0.887. The minimum Gasteiger partial charge on any atom is -0.372 e. The van der Waals surface area contributed by atoms with Crippen molar-refractivity contribution in [3.63, 3.8) is 0 Å². The van der Waals surface area contributed by atoms with Gasteiger partial charge in [-0.05, 0) is 0 Å². The maximum absolute atomic E-state index is 12.5. The zero-order chi connectivity index (χ0) is 15.5. The van der Waals surface area contributed by atoms with Gasteiger partial charge in [-0.15, -0.1) is 0 Å². The van der Waals surface area contributed by atoms with Crippen LogP contribution in [0.4, 0.5) is 5.82 Å². The van der Waals surface area contributed by atoms with Gasteiger partial charge in [0, 0.05) is 45.4 Å². The van der Waals surface area contributed by atoms with E-state index in [1.807, 2.05) is 0 Å². The first-order valence-electron chi connectivity index (χ1n) is 7.07. The average Bonchev–Trinajstić information content (AvgIpc) is 3.00. The molecule has 1 amide bonds. The molecule has 2 aromatic rings. The van der Waals surface area contributed by atoms with Crippen LogP contribution in [-0.4, -0.2) is 57.1 Å². The van der Waals surface area contributed by atoms with E-state index in [1.54, 1.807) is 48.3 Å². The van der Waals surface area contributed by atoms with E-state index in [0.29, 0.717) is 37.0 Å². The largest absolute Gasteiger partial charge is 0.372 e. The summed E-state index contributed by atoms with van der Waals surface area (Å²) in [5, 5.41) is 3.00. The Hall–Kier alpha value is -2.48. The van der Waals surface area contributed by atoms with E-state index in [9.17, 15) is 4.79 Å². The second-order valence-electron chi connectivity index (χ2n) is 5.01. The van der Waals surface area contributed by atoms with Crippen molar-refractivity contribution in [2.24, 2.45) is 7.05 Å². The van der Waals surface area contributed by atoms with E-state index in [0.717, 1.165) is 0 Å². The second kappa shape index (κ2) is 6.10. The molecule has 0 aromatic carbocycles. The fourth-order valence-electron chi connectivity index (χ4n) is 2.49. The topological polar surface area (TPSA) is 85.2 Å². The highest BCUT2D eigenvalue weighted by molar-refractivity contribution is 5.90. The molecule has 1 saturated heterocycles. The molecular formula is C14H18N6O2. The number of aromatic nitrogens is 4. The van der Waals surface area contributed by atoms with Gasteiger partial charge in [0.2, 0.25) is 0 Å². The van der Waals surface area contributed by atoms with E-state index in [-0.39, 0.29) is 12.0 Å². The molecule has 0 spiro atoms. The molecule has 1 aliphatic rings. The Morgan fingerprint density at radius 1 is 1.32 bits per heavy atom. The zero-order valence-electron chi connectivity index (χ0n) is 12.6. The third-order valence-corrected chi connectivity index (χ3v) is 3.63. The predicted molar refractivity (Wildman–Crippen MR) is 79.4 cm³/mol. The van der Waals surface area contributed by atoms with E-state index in [1.165, 1.54) is 0 Å². The first kappa shape index (κ1) is 14.5. The summed E-state index contributed by atoms with van der Waals surface area (Å²) in [6.07, 6.45) is 6.32. The molecule has 3 rings (SSSR count). The van der Waals surface area contributed by atoms with Crippen LogP contribution in [-0.2, 0) is 11.8 Å². The molecule has 1 N–H and O–H groups in total. The molecule has 1 fully saturated rings. The molecule has 8 nitrogen and oxygen atoms in total. The number of hydrogen-bond donors (Lipinski definition) is 1. The zero-order valence-corrected chi connectivity index (χ0v) is 12.6. The van der Waals surface area contributed by atoms with Crippen LogP contribution in [0.25, 0.3) is 0 Å². The monoisotopic (exact) mass is 302 g/mol. The Balaban J connectivity index is 1.80. The van der Waals surface area contributed by atoms with Crippen molar-refractivity contribution in [3.8, 4) is 0 Å². The lowest BCUT2D eigenvalue weighted by Crippen LogP contribution is -2.43. The number of rotatable bonds is 3. The maximum Gasteiger partial charge on any atom is 0.290 e. The minimum atomic E-state index is -0.297. The van der Waals surface area contributed by atoms with Gasteiger partial charge < -0.3 is 19.5 Å². The summed E-state index contributed by atoms with van der Waals surface area (Å²) in [7, 11) is 3.59. The van der Waals surface area contributed by atoms with E-state index >= 15 is 0 Å². The molecule has 0 saturated carbocycles. The summed E-state index contributed by atoms with van der Waals surface area (Å²) in [5.41, 5.74) is 0.711. The third-order valence-electron chi connectivity index (χ3n) is 3.63. The normalized spacial score (nSPS) is 18.3. The van der Waals surface area contributed by atoms with Crippen LogP contribution >= 0.6 is 0 Å². The second-order valence-corrected chi connectivity index (χ2v) is 5.01. The first-order valence-corrected chi connectivity index (χ1v) is 7.07. The molecule has 0 radical (unpaired) electrons. The molecule has 0 aliphatic carbocycles. The standard InChI is InChI=1S/C14H18N6O2/c1-15-12-11(16-3-4-17-12)10-9-20(7-8-22-10)14(21)13-18-5-6-19(13)2/h3-6,10H,7-9H2,1-2H3,(H,15,17)/t10-/m0/s1. The summed E-state index contributed by atoms with van der Waals surface area (Å²) in [6, 6.07) is 0. The summed E-state index contributed by atoms with van der Waals surface area (Å²) in [6.45, 7) is 1.43. The van der Waals surface area contributed by atoms with Crippen LogP contribution in [0.5, 0.6) is 0 Å². The molecule has 0 bridgehead atoms. The Morgan fingerprint density at radius 2 is 2.14 bits per heavy atom. The van der Waals surface area contributed by atoms with E-state index in [2.05, 4.69) is 20.3 Å². The lowest BCUT2D eigenvalue weighted by atomic mass is 10.2. The molecule has 0 unspecified atom stereocenters. The fourth-order valence-corrected chi connectivity index (χ4v) is 2.49. The number of hydrogen-bond acceptors (Lipinski definition) is 6. The average molecular weight is 302 g/mol. The smallest absolute Gasteiger partial charge is 0.290 e. The van der Waals surface area contributed by atoms with Crippen molar-refractivity contribution in [3.05, 3.63) is 36.3 Å². The van der Waals surface area contributed by atoms with Crippen LogP contribution in [0.2, 0.25) is 0 Å². The first-order chi connectivity index (χ1) is 10.7. The Kier molecular flexibility index (Phi) is 4.01. The molecule has 3 heterocycles. The number of nitrogens with zero attached hydrogens (tertiary/aromatic N) is 5. The maximum atomic E-state index is 12.5. The predicted octanol–water partition coefficient (Wildman–Crippen LogP) is 0.465. The number of morpholine rings is 1. The van der Waals surface area contributed by atoms with Crippen LogP contribution in [0, 0.1) is 0 Å². The summed E-state index contributed by atoms with van der Waals surface area (Å²) in [5.74, 6) is 0.989. The van der Waals surface area contributed by atoms with Gasteiger partial charge in [0.05, 0.1) is 13.2 Å². The number of ether oxygens (including phenoxy) is 1. The minimum absolute atomic E-state index is 0.101. The van der Waals surface area contributed by atoms with Gasteiger partial charge in [0.25, 0.3) is 5.91 Å². The number of aryl methyl sites for hydroxylation is 1. The SMILES string of the molecule is CNc1nccnc1[C@@H]1CN(C(=O)c2nccn2C)CCO1. The van der Waals surface area contributed by atoms with Gasteiger partial charge in [-0.25, -0.2) is 9.97 Å². The van der Waals surface area contributed by atoms with Crippen molar-refractivity contribution in [2.75, 3.05) is 32.1 Å². The molecule has 1 aliphatic heterocycles. The highest BCUT2D eigenvalue weighted by Gasteiger charge is 2.30. The van der Waals surface area contributed by atoms with E-state index < -0.39 is 0 Å². The third kappa shape index (κ3) is 2.64. The van der Waals surface area contributed by atoms with Gasteiger partial charge in [0.1, 0.15) is 17.6 Å². The molecule has 22 heavy (non-hydrogen) atoms. The summed E-state index contributed by atoms with van der Waals surface area (Å²) >= 11 is 0. The van der Waals surface area contributed by atoms with Crippen LogP contribution in [0.1, 0.15) is 22.4 Å². The molecule has 1 atom stereocenters. The van der Waals surface area contributed by atoms with Gasteiger partial charge in [-0.2, -0.15) is 0 Å². The van der Waals surface area contributed by atoms with Gasteiger partial charge in [-0.3, -0.25) is 9.78 Å². The Morgan fingerprint density at radius 3 is 2.86 bits per heavy atom. The lowest BCUT2D eigenvalue weighted by Gasteiger charge is -2.32. The number of nitrogens with one attached hydrogen (secondary N) is 1. The van der Waals surface area contributed by atoms with Gasteiger partial charge in [-0.1, -0.05) is 0 Å².